The molecule has 88 valence electrons. The molecule has 1 aliphatic rings. The molecule has 1 aromatic carbocycles. The van der Waals surface area contributed by atoms with Crippen LogP contribution in [0.25, 0.3) is 0 Å². The van der Waals surface area contributed by atoms with Crippen molar-refractivity contribution >= 4 is 5.69 Å². The fourth-order valence-corrected chi connectivity index (χ4v) is 2.18. The Labute approximate surface area is 97.2 Å². The molecule has 0 amide bonds. The van der Waals surface area contributed by atoms with Gasteiger partial charge in [0.2, 0.25) is 0 Å². The van der Waals surface area contributed by atoms with Crippen molar-refractivity contribution < 1.29 is 4.74 Å². The van der Waals surface area contributed by atoms with Crippen LogP contribution in [-0.4, -0.2) is 31.2 Å². The van der Waals surface area contributed by atoms with Gasteiger partial charge in [-0.25, -0.2) is 0 Å². The summed E-state index contributed by atoms with van der Waals surface area (Å²) in [4.78, 5) is 2.41. The van der Waals surface area contributed by atoms with Crippen LogP contribution in [0, 0.1) is 6.92 Å². The van der Waals surface area contributed by atoms with Gasteiger partial charge in [-0.2, -0.15) is 0 Å². The Morgan fingerprint density at radius 3 is 2.94 bits per heavy atom. The number of methoxy groups -OCH3 is 1. The third kappa shape index (κ3) is 2.54. The van der Waals surface area contributed by atoms with Gasteiger partial charge in [-0.1, -0.05) is 12.1 Å². The first-order chi connectivity index (χ1) is 7.69. The number of rotatable bonds is 3. The third-order valence-corrected chi connectivity index (χ3v) is 3.31. The average Bonchev–Trinajstić information content (AvgIpc) is 2.71. The molecule has 0 radical (unpaired) electrons. The Hall–Kier alpha value is -1.06. The van der Waals surface area contributed by atoms with Crippen LogP contribution in [-0.2, 0) is 11.3 Å². The fraction of sp³-hybridized carbons (Fsp3) is 0.538. The fourth-order valence-electron chi connectivity index (χ4n) is 2.18. The van der Waals surface area contributed by atoms with Gasteiger partial charge in [0.15, 0.2) is 0 Å². The summed E-state index contributed by atoms with van der Waals surface area (Å²) in [6.07, 6.45) is 1.54. The molecule has 3 nitrogen and oxygen atoms in total. The van der Waals surface area contributed by atoms with Crippen LogP contribution in [0.4, 0.5) is 5.69 Å². The number of aryl methyl sites for hydroxylation is 1. The van der Waals surface area contributed by atoms with Gasteiger partial charge in [-0.15, -0.1) is 0 Å². The molecule has 1 unspecified atom stereocenters. The standard InChI is InChI=1S/C13H20N2O/c1-10-3-4-11(7-13(10)14)8-15-6-5-12(9-15)16-2/h3-4,7,12H,5-6,8-9,14H2,1-2H3. The van der Waals surface area contributed by atoms with E-state index in [2.05, 4.69) is 23.1 Å². The van der Waals surface area contributed by atoms with Gasteiger partial charge in [-0.3, -0.25) is 4.90 Å². The smallest absolute Gasteiger partial charge is 0.0710 e. The summed E-state index contributed by atoms with van der Waals surface area (Å²) in [6, 6.07) is 6.33. The summed E-state index contributed by atoms with van der Waals surface area (Å²) in [6.45, 7) is 5.16. The van der Waals surface area contributed by atoms with Crippen molar-refractivity contribution in [1.29, 1.82) is 0 Å². The number of hydrogen-bond acceptors (Lipinski definition) is 3. The van der Waals surface area contributed by atoms with E-state index in [1.165, 1.54) is 5.56 Å². The monoisotopic (exact) mass is 220 g/mol. The van der Waals surface area contributed by atoms with E-state index in [0.29, 0.717) is 6.10 Å². The number of nitrogens with zero attached hydrogens (tertiary/aromatic N) is 1. The first kappa shape index (κ1) is 11.4. The Bertz CT molecular complexity index is 365. The molecule has 3 heteroatoms. The zero-order valence-electron chi connectivity index (χ0n) is 10.1. The Kier molecular flexibility index (Phi) is 3.46. The van der Waals surface area contributed by atoms with Crippen LogP contribution in [0.1, 0.15) is 17.5 Å². The Morgan fingerprint density at radius 1 is 1.50 bits per heavy atom. The lowest BCUT2D eigenvalue weighted by molar-refractivity contribution is 0.107. The molecule has 1 atom stereocenters. The van der Waals surface area contributed by atoms with Crippen LogP contribution in [0.15, 0.2) is 18.2 Å². The third-order valence-electron chi connectivity index (χ3n) is 3.31. The molecule has 0 aliphatic carbocycles. The molecular weight excluding hydrogens is 200 g/mol. The minimum atomic E-state index is 0.405. The largest absolute Gasteiger partial charge is 0.399 e. The molecule has 2 N–H and O–H groups in total. The number of nitrogen functional groups attached to an aromatic ring is 1. The van der Waals surface area contributed by atoms with Gasteiger partial charge < -0.3 is 10.5 Å². The van der Waals surface area contributed by atoms with E-state index in [4.69, 9.17) is 10.5 Å². The molecule has 1 fully saturated rings. The van der Waals surface area contributed by atoms with Crippen molar-refractivity contribution in [3.63, 3.8) is 0 Å². The van der Waals surface area contributed by atoms with Crippen LogP contribution < -0.4 is 5.73 Å². The highest BCUT2D eigenvalue weighted by Gasteiger charge is 2.21. The van der Waals surface area contributed by atoms with Crippen molar-refractivity contribution in [1.82, 2.24) is 4.90 Å². The van der Waals surface area contributed by atoms with Crippen molar-refractivity contribution in [3.8, 4) is 0 Å². The minimum absolute atomic E-state index is 0.405. The van der Waals surface area contributed by atoms with Crippen LogP contribution in [0.3, 0.4) is 0 Å². The molecule has 2 rings (SSSR count). The summed E-state index contributed by atoms with van der Waals surface area (Å²) >= 11 is 0. The molecule has 0 bridgehead atoms. The van der Waals surface area contributed by atoms with Gasteiger partial charge in [0.25, 0.3) is 0 Å². The minimum Gasteiger partial charge on any atom is -0.399 e. The molecule has 0 aromatic heterocycles. The van der Waals surface area contributed by atoms with E-state index in [0.717, 1.165) is 37.3 Å². The Balaban J connectivity index is 1.97. The van der Waals surface area contributed by atoms with E-state index in [-0.39, 0.29) is 0 Å². The molecule has 1 aliphatic heterocycles. The summed E-state index contributed by atoms with van der Waals surface area (Å²) in [5.74, 6) is 0. The van der Waals surface area contributed by atoms with E-state index in [9.17, 15) is 0 Å². The normalized spacial score (nSPS) is 21.5. The molecule has 1 saturated heterocycles. The van der Waals surface area contributed by atoms with Gasteiger partial charge in [0, 0.05) is 32.4 Å². The number of nitrogens with two attached hydrogens (primary N) is 1. The van der Waals surface area contributed by atoms with Gasteiger partial charge in [-0.05, 0) is 30.5 Å². The van der Waals surface area contributed by atoms with Gasteiger partial charge >= 0.3 is 0 Å². The molecule has 1 heterocycles. The summed E-state index contributed by atoms with van der Waals surface area (Å²) in [5.41, 5.74) is 9.24. The van der Waals surface area contributed by atoms with E-state index in [1.807, 2.05) is 6.92 Å². The summed E-state index contributed by atoms with van der Waals surface area (Å²) in [7, 11) is 1.79. The molecule has 1 aromatic rings. The predicted molar refractivity (Wildman–Crippen MR) is 66.3 cm³/mol. The van der Waals surface area contributed by atoms with Gasteiger partial charge in [0.1, 0.15) is 0 Å². The van der Waals surface area contributed by atoms with Gasteiger partial charge in [0.05, 0.1) is 6.10 Å². The summed E-state index contributed by atoms with van der Waals surface area (Å²) < 4.78 is 5.36. The predicted octanol–water partition coefficient (Wildman–Crippen LogP) is 1.80. The molecule has 0 spiro atoms. The first-order valence-electron chi connectivity index (χ1n) is 5.79. The number of hydrogen-bond donors (Lipinski definition) is 1. The lowest BCUT2D eigenvalue weighted by atomic mass is 10.1. The lowest BCUT2D eigenvalue weighted by Crippen LogP contribution is -2.22. The lowest BCUT2D eigenvalue weighted by Gasteiger charge is -2.16. The first-order valence-corrected chi connectivity index (χ1v) is 5.79. The SMILES string of the molecule is COC1CCN(Cc2ccc(C)c(N)c2)C1. The summed E-state index contributed by atoms with van der Waals surface area (Å²) in [5, 5.41) is 0. The highest BCUT2D eigenvalue weighted by molar-refractivity contribution is 5.48. The van der Waals surface area contributed by atoms with Crippen molar-refractivity contribution in [2.75, 3.05) is 25.9 Å². The van der Waals surface area contributed by atoms with Crippen molar-refractivity contribution in [2.45, 2.75) is 26.0 Å². The van der Waals surface area contributed by atoms with Crippen molar-refractivity contribution in [3.05, 3.63) is 29.3 Å². The van der Waals surface area contributed by atoms with E-state index in [1.54, 1.807) is 7.11 Å². The van der Waals surface area contributed by atoms with Crippen LogP contribution in [0.2, 0.25) is 0 Å². The molecule has 0 saturated carbocycles. The quantitative estimate of drug-likeness (QED) is 0.789. The maximum Gasteiger partial charge on any atom is 0.0710 e. The zero-order valence-corrected chi connectivity index (χ0v) is 10.1. The highest BCUT2D eigenvalue weighted by atomic mass is 16.5. The molecular formula is C13H20N2O. The van der Waals surface area contributed by atoms with E-state index >= 15 is 0 Å². The van der Waals surface area contributed by atoms with Crippen LogP contribution in [0.5, 0.6) is 0 Å². The second-order valence-corrected chi connectivity index (χ2v) is 4.57. The number of anilines is 1. The van der Waals surface area contributed by atoms with E-state index < -0.39 is 0 Å². The van der Waals surface area contributed by atoms with Crippen LogP contribution >= 0.6 is 0 Å². The van der Waals surface area contributed by atoms with Crippen molar-refractivity contribution in [2.24, 2.45) is 0 Å². The zero-order chi connectivity index (χ0) is 11.5. The topological polar surface area (TPSA) is 38.5 Å². The maximum atomic E-state index is 5.91. The average molecular weight is 220 g/mol. The second kappa shape index (κ2) is 4.85. The Morgan fingerprint density at radius 2 is 2.31 bits per heavy atom. The maximum absolute atomic E-state index is 5.91. The highest BCUT2D eigenvalue weighted by Crippen LogP contribution is 2.18. The second-order valence-electron chi connectivity index (χ2n) is 4.57. The number of benzene rings is 1. The molecule has 16 heavy (non-hydrogen) atoms. The number of ether oxygens (including phenoxy) is 1. The number of likely N-dealkylation sites (tertiary alicyclic amines) is 1.